The second-order valence-electron chi connectivity index (χ2n) is 9.60. The molecule has 224 valence electrons. The van der Waals surface area contributed by atoms with Gasteiger partial charge >= 0.3 is 0 Å². The minimum Gasteiger partial charge on any atom is -0.394 e. The Morgan fingerprint density at radius 2 is 1.10 bits per heavy atom. The Hall–Kier alpha value is -3.13. The first-order valence-corrected chi connectivity index (χ1v) is 13.2. The molecule has 0 bridgehead atoms. The van der Waals surface area contributed by atoms with Gasteiger partial charge in [0, 0.05) is 35.6 Å². The molecule has 0 aliphatic carbocycles. The SMILES string of the molecule is O=[N+]([O-])c1ccc(N[C@H]2[C@@H](O)CO[C@H](CO)[C@]2(O)S[C@@]2(O)[C@@H](CO)OC[C@H](O)[C@@H]2Nc2ccc([N+](=O)[O-])cc2)cc1. The summed E-state index contributed by atoms with van der Waals surface area (Å²) in [6.07, 6.45) is -5.66. The second-order valence-corrected chi connectivity index (χ2v) is 11.1. The third-order valence-corrected chi connectivity index (χ3v) is 8.67. The Balaban J connectivity index is 1.70. The average molecular weight is 599 g/mol. The fourth-order valence-corrected chi connectivity index (χ4v) is 6.57. The summed E-state index contributed by atoms with van der Waals surface area (Å²) in [5, 5.41) is 93.8. The summed E-state index contributed by atoms with van der Waals surface area (Å²) in [4.78, 5) is 16.2. The molecule has 0 amide bonds. The number of ether oxygens (including phenoxy) is 2. The Morgan fingerprint density at radius 3 is 1.39 bits per heavy atom. The Morgan fingerprint density at radius 1 is 0.756 bits per heavy atom. The molecule has 2 fully saturated rings. The lowest BCUT2D eigenvalue weighted by atomic mass is 9.95. The van der Waals surface area contributed by atoms with Crippen molar-refractivity contribution in [2.75, 3.05) is 37.1 Å². The zero-order valence-electron chi connectivity index (χ0n) is 21.3. The Labute approximate surface area is 236 Å². The lowest BCUT2D eigenvalue weighted by molar-refractivity contribution is -0.385. The number of nitro groups is 2. The average Bonchev–Trinajstić information content (AvgIpc) is 2.94. The van der Waals surface area contributed by atoms with Gasteiger partial charge < -0.3 is 50.7 Å². The quantitative estimate of drug-likeness (QED) is 0.0964. The van der Waals surface area contributed by atoms with Gasteiger partial charge in [-0.05, 0) is 24.3 Å². The molecule has 16 nitrogen and oxygen atoms in total. The van der Waals surface area contributed by atoms with Crippen molar-refractivity contribution in [2.24, 2.45) is 0 Å². The van der Waals surface area contributed by atoms with E-state index in [1.54, 1.807) is 0 Å². The van der Waals surface area contributed by atoms with Gasteiger partial charge in [-0.3, -0.25) is 20.2 Å². The van der Waals surface area contributed by atoms with Crippen molar-refractivity contribution in [1.29, 1.82) is 0 Å². The molecule has 8 N–H and O–H groups in total. The number of hydrogen-bond acceptors (Lipinski definition) is 15. The van der Waals surface area contributed by atoms with Crippen molar-refractivity contribution in [3.8, 4) is 0 Å². The highest BCUT2D eigenvalue weighted by atomic mass is 32.2. The number of nitrogens with one attached hydrogen (secondary N) is 2. The molecule has 0 unspecified atom stereocenters. The molecule has 2 aromatic rings. The molecule has 2 aromatic carbocycles. The molecule has 2 heterocycles. The smallest absolute Gasteiger partial charge is 0.269 e. The molecule has 8 atom stereocenters. The van der Waals surface area contributed by atoms with Crippen molar-refractivity contribution >= 4 is 34.5 Å². The minimum atomic E-state index is -2.35. The second kappa shape index (κ2) is 12.4. The van der Waals surface area contributed by atoms with E-state index in [-0.39, 0.29) is 36.0 Å². The van der Waals surface area contributed by atoms with Gasteiger partial charge in [0.05, 0.1) is 48.4 Å². The van der Waals surface area contributed by atoms with Crippen LogP contribution in [0.15, 0.2) is 48.5 Å². The standard InChI is InChI=1S/C24H30N4O12S/c29-9-19-23(33,21(17(31)11-39-19)25-13-1-5-15(6-2-13)27(35)36)41-24(34)20(10-30)40-12-18(32)22(24)26-14-3-7-16(8-4-14)28(37)38/h1-8,17-22,25-26,29-34H,9-12H2/t17-,18-,19+,20+,21-,22-,23-,24-/m0/s1. The first kappa shape index (κ1) is 30.8. The molecular weight excluding hydrogens is 568 g/mol. The topological polar surface area (TPSA) is 250 Å². The Kier molecular flexibility index (Phi) is 9.32. The molecule has 0 aromatic heterocycles. The van der Waals surface area contributed by atoms with Crippen molar-refractivity contribution in [2.45, 2.75) is 46.4 Å². The van der Waals surface area contributed by atoms with Gasteiger partial charge in [-0.15, -0.1) is 0 Å². The fourth-order valence-electron chi connectivity index (χ4n) is 4.82. The monoisotopic (exact) mass is 598 g/mol. The highest BCUT2D eigenvalue weighted by Crippen LogP contribution is 2.49. The lowest BCUT2D eigenvalue weighted by Crippen LogP contribution is -2.71. The third kappa shape index (κ3) is 6.22. The van der Waals surface area contributed by atoms with Crippen molar-refractivity contribution in [3.05, 3.63) is 68.8 Å². The van der Waals surface area contributed by atoms with Gasteiger partial charge in [0.25, 0.3) is 11.4 Å². The molecule has 2 saturated heterocycles. The van der Waals surface area contributed by atoms with Crippen molar-refractivity contribution in [3.63, 3.8) is 0 Å². The highest BCUT2D eigenvalue weighted by molar-refractivity contribution is 8.01. The van der Waals surface area contributed by atoms with E-state index < -0.39 is 69.4 Å². The predicted octanol–water partition coefficient (Wildman–Crippen LogP) is -0.621. The zero-order chi connectivity index (χ0) is 29.9. The van der Waals surface area contributed by atoms with Crippen LogP contribution in [-0.2, 0) is 9.47 Å². The van der Waals surface area contributed by atoms with Crippen LogP contribution in [0.1, 0.15) is 0 Å². The highest BCUT2D eigenvalue weighted by Gasteiger charge is 2.62. The minimum absolute atomic E-state index is 0.199. The summed E-state index contributed by atoms with van der Waals surface area (Å²) >= 11 is 0.369. The van der Waals surface area contributed by atoms with E-state index in [9.17, 15) is 50.9 Å². The van der Waals surface area contributed by atoms with Crippen LogP contribution in [0.2, 0.25) is 0 Å². The maximum absolute atomic E-state index is 12.0. The van der Waals surface area contributed by atoms with Crippen molar-refractivity contribution < 1.29 is 50.0 Å². The van der Waals surface area contributed by atoms with Crippen LogP contribution in [0.3, 0.4) is 0 Å². The van der Waals surface area contributed by atoms with E-state index >= 15 is 0 Å². The number of rotatable bonds is 10. The normalized spacial score (nSPS) is 33.6. The van der Waals surface area contributed by atoms with E-state index in [1.165, 1.54) is 48.5 Å². The maximum atomic E-state index is 12.0. The number of aliphatic hydroxyl groups excluding tert-OH is 4. The van der Waals surface area contributed by atoms with E-state index in [4.69, 9.17) is 9.47 Å². The maximum Gasteiger partial charge on any atom is 0.269 e. The van der Waals surface area contributed by atoms with Crippen LogP contribution in [0.4, 0.5) is 22.7 Å². The first-order chi connectivity index (χ1) is 19.4. The van der Waals surface area contributed by atoms with Crippen LogP contribution in [0.5, 0.6) is 0 Å². The van der Waals surface area contributed by atoms with E-state index in [0.717, 1.165) is 0 Å². The summed E-state index contributed by atoms with van der Waals surface area (Å²) in [6.45, 7) is -2.19. The molecule has 2 aliphatic rings. The first-order valence-electron chi connectivity index (χ1n) is 12.4. The molecule has 2 aliphatic heterocycles. The number of benzene rings is 2. The fraction of sp³-hybridized carbons (Fsp3) is 0.500. The number of hydrogen-bond donors (Lipinski definition) is 8. The van der Waals surface area contributed by atoms with Crippen LogP contribution >= 0.6 is 11.8 Å². The van der Waals surface area contributed by atoms with Gasteiger partial charge in [-0.2, -0.15) is 0 Å². The van der Waals surface area contributed by atoms with Gasteiger partial charge in [0.2, 0.25) is 0 Å². The summed E-state index contributed by atoms with van der Waals surface area (Å²) in [5.74, 6) is 0. The molecule has 0 saturated carbocycles. The number of nitro benzene ring substituents is 2. The summed E-state index contributed by atoms with van der Waals surface area (Å²) in [7, 11) is 0. The Bertz CT molecular complexity index is 1130. The number of nitrogens with zero attached hydrogens (tertiary/aromatic N) is 2. The molecule has 4 rings (SSSR count). The summed E-state index contributed by atoms with van der Waals surface area (Å²) in [6, 6.07) is 7.47. The van der Waals surface area contributed by atoms with Gasteiger partial charge in [-0.25, -0.2) is 0 Å². The van der Waals surface area contributed by atoms with Crippen LogP contribution < -0.4 is 10.6 Å². The largest absolute Gasteiger partial charge is 0.394 e. The van der Waals surface area contributed by atoms with Crippen LogP contribution in [-0.4, -0.2) is 113 Å². The number of anilines is 2. The molecule has 0 spiro atoms. The number of non-ortho nitro benzene ring substituents is 2. The van der Waals surface area contributed by atoms with E-state index in [0.29, 0.717) is 11.8 Å². The molecule has 0 radical (unpaired) electrons. The van der Waals surface area contributed by atoms with Gasteiger partial charge in [-0.1, -0.05) is 11.8 Å². The van der Waals surface area contributed by atoms with Crippen LogP contribution in [0, 0.1) is 20.2 Å². The van der Waals surface area contributed by atoms with Crippen LogP contribution in [0.25, 0.3) is 0 Å². The van der Waals surface area contributed by atoms with Crippen molar-refractivity contribution in [1.82, 2.24) is 0 Å². The molecule has 17 heteroatoms. The molecular formula is C24H30N4O12S. The number of aliphatic hydroxyl groups is 6. The molecule has 41 heavy (non-hydrogen) atoms. The summed E-state index contributed by atoms with van der Waals surface area (Å²) in [5.41, 5.74) is 0.107. The van der Waals surface area contributed by atoms with Gasteiger partial charge in [0.15, 0.2) is 9.87 Å². The van der Waals surface area contributed by atoms with Gasteiger partial charge in [0.1, 0.15) is 24.4 Å². The lowest BCUT2D eigenvalue weighted by Gasteiger charge is -2.54. The predicted molar refractivity (Wildman–Crippen MR) is 144 cm³/mol. The summed E-state index contributed by atoms with van der Waals surface area (Å²) < 4.78 is 11.0. The zero-order valence-corrected chi connectivity index (χ0v) is 22.2. The van der Waals surface area contributed by atoms with E-state index in [2.05, 4.69) is 10.6 Å². The number of thioether (sulfide) groups is 1. The van der Waals surface area contributed by atoms with E-state index in [1.807, 2.05) is 0 Å². The third-order valence-electron chi connectivity index (χ3n) is 6.98.